The number of hydrogen-bond acceptors (Lipinski definition) is 16. The summed E-state index contributed by atoms with van der Waals surface area (Å²) in [4.78, 5) is 151. The lowest BCUT2D eigenvalue weighted by molar-refractivity contribution is -0.146. The van der Waals surface area contributed by atoms with Gasteiger partial charge >= 0.3 is 17.9 Å². The van der Waals surface area contributed by atoms with Gasteiger partial charge in [-0.05, 0) is 88.4 Å². The normalized spacial score (nSPS) is 17.5. The highest BCUT2D eigenvalue weighted by atomic mass is 16.4. The van der Waals surface area contributed by atoms with Gasteiger partial charge in [0, 0.05) is 32.5 Å². The zero-order valence-electron chi connectivity index (χ0n) is 40.7. The zero-order valence-corrected chi connectivity index (χ0v) is 40.7. The molecular weight excluding hydrogens is 979 g/mol. The number of carboxylic acids is 3. The van der Waals surface area contributed by atoms with Crippen LogP contribution in [-0.4, -0.2) is 194 Å². The van der Waals surface area contributed by atoms with Gasteiger partial charge in [0.1, 0.15) is 54.1 Å². The number of aliphatic hydroxyl groups is 1. The number of phenolic OH excluding ortho intramolecular Hbond substituents is 1. The van der Waals surface area contributed by atoms with Crippen LogP contribution in [0.25, 0.3) is 0 Å². The van der Waals surface area contributed by atoms with Crippen molar-refractivity contribution in [1.82, 2.24) is 41.7 Å². The molecular formula is C45H69N13O16. The summed E-state index contributed by atoms with van der Waals surface area (Å²) in [5.74, 6) is -12.0. The van der Waals surface area contributed by atoms with E-state index in [4.69, 9.17) is 22.9 Å². The Labute approximate surface area is 424 Å². The van der Waals surface area contributed by atoms with Crippen LogP contribution in [0.5, 0.6) is 5.75 Å². The van der Waals surface area contributed by atoms with Crippen LogP contribution >= 0.6 is 0 Å². The molecule has 0 unspecified atom stereocenters. The molecule has 410 valence electrons. The number of carboxylic acid groups (broad SMARTS) is 3. The van der Waals surface area contributed by atoms with Gasteiger partial charge in [0.05, 0.1) is 19.6 Å². The number of nitrogens with one attached hydrogen (secondary N) is 6. The lowest BCUT2D eigenvalue weighted by Crippen LogP contribution is -2.60. The van der Waals surface area contributed by atoms with E-state index in [1.807, 2.05) is 0 Å². The third-order valence-electron chi connectivity index (χ3n) is 12.1. The molecule has 74 heavy (non-hydrogen) atoms. The zero-order chi connectivity index (χ0) is 55.1. The predicted molar refractivity (Wildman–Crippen MR) is 259 cm³/mol. The minimum atomic E-state index is -1.85. The number of phenols is 1. The third-order valence-corrected chi connectivity index (χ3v) is 12.1. The number of aromatic hydroxyl groups is 1. The molecule has 2 fully saturated rings. The molecule has 0 aliphatic carbocycles. The Kier molecular flexibility index (Phi) is 24.9. The quantitative estimate of drug-likeness (QED) is 0.0187. The van der Waals surface area contributed by atoms with Crippen LogP contribution in [-0.2, 0) is 59.2 Å². The fourth-order valence-electron chi connectivity index (χ4n) is 8.18. The summed E-state index contributed by atoms with van der Waals surface area (Å²) in [7, 11) is 0. The fourth-order valence-corrected chi connectivity index (χ4v) is 8.18. The van der Waals surface area contributed by atoms with Crippen molar-refractivity contribution in [3.8, 4) is 5.75 Å². The SMILES string of the molecule is NCCCC[C@H](NC(=O)[C@@H]1CCCN1C(=O)CNC(=O)[C@@H]1CCCN1C(=O)[C@H](CC(=O)O)NC(=O)[C@H](Cc1ccc(O)cc1)NC(=O)[C@H](CCCN=C(N)N)NC(=O)[C@H](CCC(=O)O)NC(=O)[C@@H](N)CO)C(=O)O. The number of aliphatic imine (C=N–C) groups is 1. The van der Waals surface area contributed by atoms with Crippen LogP contribution in [0.3, 0.4) is 0 Å². The first-order chi connectivity index (χ1) is 35.1. The van der Waals surface area contributed by atoms with E-state index in [1.54, 1.807) is 0 Å². The first-order valence-corrected chi connectivity index (χ1v) is 24.0. The number of guanidine groups is 1. The van der Waals surface area contributed by atoms with Crippen molar-refractivity contribution in [1.29, 1.82) is 0 Å². The molecule has 2 heterocycles. The molecule has 2 saturated heterocycles. The van der Waals surface area contributed by atoms with Gasteiger partial charge in [-0.1, -0.05) is 12.1 Å². The van der Waals surface area contributed by atoms with Crippen molar-refractivity contribution in [2.24, 2.45) is 27.9 Å². The van der Waals surface area contributed by atoms with E-state index in [0.717, 1.165) is 4.90 Å². The number of hydrogen-bond donors (Lipinski definition) is 15. The van der Waals surface area contributed by atoms with E-state index in [0.29, 0.717) is 31.4 Å². The van der Waals surface area contributed by atoms with Gasteiger partial charge in [-0.2, -0.15) is 0 Å². The maximum Gasteiger partial charge on any atom is 0.326 e. The summed E-state index contributed by atoms with van der Waals surface area (Å²) in [5.41, 5.74) is 22.3. The smallest absolute Gasteiger partial charge is 0.326 e. The first-order valence-electron chi connectivity index (χ1n) is 24.0. The summed E-state index contributed by atoms with van der Waals surface area (Å²) < 4.78 is 0. The second kappa shape index (κ2) is 30.4. The van der Waals surface area contributed by atoms with E-state index in [1.165, 1.54) is 29.2 Å². The second-order valence-electron chi connectivity index (χ2n) is 17.7. The van der Waals surface area contributed by atoms with Crippen molar-refractivity contribution >= 4 is 71.1 Å². The molecule has 0 bridgehead atoms. The number of carbonyl (C=O) groups excluding carboxylic acids is 8. The van der Waals surface area contributed by atoms with Gasteiger partial charge in [0.15, 0.2) is 5.96 Å². The molecule has 0 aromatic heterocycles. The first kappa shape index (κ1) is 60.6. The Bertz CT molecular complexity index is 2190. The average Bonchev–Trinajstić information content (AvgIpc) is 4.06. The molecule has 0 radical (unpaired) electrons. The monoisotopic (exact) mass is 1050 g/mol. The molecule has 0 saturated carbocycles. The number of nitrogens with zero attached hydrogens (tertiary/aromatic N) is 3. The van der Waals surface area contributed by atoms with Gasteiger partial charge in [-0.15, -0.1) is 0 Å². The molecule has 29 heteroatoms. The number of likely N-dealkylation sites (tertiary alicyclic amines) is 2. The van der Waals surface area contributed by atoms with E-state index < -0.39 is 146 Å². The number of carbonyl (C=O) groups is 11. The maximum absolute atomic E-state index is 14.3. The van der Waals surface area contributed by atoms with Crippen molar-refractivity contribution in [3.63, 3.8) is 0 Å². The second-order valence-corrected chi connectivity index (χ2v) is 17.7. The number of benzene rings is 1. The number of aliphatic carboxylic acids is 3. The van der Waals surface area contributed by atoms with E-state index in [9.17, 15) is 78.3 Å². The highest BCUT2D eigenvalue weighted by Gasteiger charge is 2.41. The minimum absolute atomic E-state index is 0.0295. The van der Waals surface area contributed by atoms with Crippen molar-refractivity contribution < 1.29 is 78.3 Å². The van der Waals surface area contributed by atoms with Crippen LogP contribution < -0.4 is 54.8 Å². The Balaban J connectivity index is 1.84. The molecule has 1 aromatic rings. The molecule has 0 spiro atoms. The summed E-state index contributed by atoms with van der Waals surface area (Å²) in [6.45, 7) is -1.09. The van der Waals surface area contributed by atoms with Gasteiger partial charge in [-0.3, -0.25) is 52.9 Å². The maximum atomic E-state index is 14.3. The van der Waals surface area contributed by atoms with Crippen molar-refractivity contribution in [2.45, 2.75) is 132 Å². The Hall–Kier alpha value is -7.66. The Morgan fingerprint density at radius 3 is 1.80 bits per heavy atom. The molecule has 3 rings (SSSR count). The van der Waals surface area contributed by atoms with Gasteiger partial charge in [-0.25, -0.2) is 4.79 Å². The van der Waals surface area contributed by atoms with E-state index in [-0.39, 0.29) is 76.3 Å². The summed E-state index contributed by atoms with van der Waals surface area (Å²) in [6.07, 6.45) is -0.573. The van der Waals surface area contributed by atoms with Crippen molar-refractivity contribution in [3.05, 3.63) is 29.8 Å². The van der Waals surface area contributed by atoms with E-state index >= 15 is 0 Å². The number of nitrogens with two attached hydrogens (primary N) is 4. The van der Waals surface area contributed by atoms with Gasteiger partial charge < -0.3 is 90.2 Å². The molecule has 19 N–H and O–H groups in total. The third kappa shape index (κ3) is 19.7. The molecule has 2 aliphatic rings. The highest BCUT2D eigenvalue weighted by molar-refractivity contribution is 5.99. The topological polar surface area (TPSA) is 484 Å². The number of amides is 8. The van der Waals surface area contributed by atoms with Crippen LogP contribution in [0.1, 0.15) is 82.6 Å². The fraction of sp³-hybridized carbons (Fsp3) is 0.600. The van der Waals surface area contributed by atoms with E-state index in [2.05, 4.69) is 36.9 Å². The lowest BCUT2D eigenvalue weighted by Gasteiger charge is -2.30. The lowest BCUT2D eigenvalue weighted by atomic mass is 10.0. The molecule has 8 atom stereocenters. The number of unbranched alkanes of at least 4 members (excludes halogenated alkanes) is 1. The van der Waals surface area contributed by atoms with Crippen molar-refractivity contribution in [2.75, 3.05) is 39.3 Å². The Morgan fingerprint density at radius 2 is 1.22 bits per heavy atom. The number of aliphatic hydroxyl groups excluding tert-OH is 1. The summed E-state index contributed by atoms with van der Waals surface area (Å²) in [5, 5.41) is 62.6. The Morgan fingerprint density at radius 1 is 0.662 bits per heavy atom. The van der Waals surface area contributed by atoms with Crippen LogP contribution in [0, 0.1) is 0 Å². The number of rotatable bonds is 31. The molecule has 29 nitrogen and oxygen atoms in total. The average molecular weight is 1050 g/mol. The molecule has 1 aromatic carbocycles. The van der Waals surface area contributed by atoms with Crippen LogP contribution in [0.2, 0.25) is 0 Å². The molecule has 2 aliphatic heterocycles. The minimum Gasteiger partial charge on any atom is -0.508 e. The van der Waals surface area contributed by atoms with Crippen LogP contribution in [0.4, 0.5) is 0 Å². The summed E-state index contributed by atoms with van der Waals surface area (Å²) >= 11 is 0. The molecule has 8 amide bonds. The highest BCUT2D eigenvalue weighted by Crippen LogP contribution is 2.22. The standard InChI is InChI=1S/C45H69N13O16/c46-16-2-1-6-29(44(73)74)54-42(71)33-9-4-18-57(33)34(61)22-51-41(70)32-8-5-19-58(32)43(72)31(21-36(64)65)56-40(69)30(20-24-10-12-25(60)13-11-24)55-38(67)27(7-3-17-50-45(48)49)53-39(68)28(14-15-35(62)63)52-37(66)26(47)23-59/h10-13,26-33,59-60H,1-9,14-23,46-47H2,(H,51,70)(H,52,66)(H,53,68)(H,54,71)(H,55,67)(H,56,69)(H,62,63)(H,64,65)(H,73,74)(H4,48,49,50)/t26-,27-,28-,29-,30-,31-,32-,33-/m0/s1. The van der Waals surface area contributed by atoms with Gasteiger partial charge in [0.25, 0.3) is 0 Å². The summed E-state index contributed by atoms with van der Waals surface area (Å²) in [6, 6.07) is -6.23. The predicted octanol–water partition coefficient (Wildman–Crippen LogP) is -5.62. The van der Waals surface area contributed by atoms with Gasteiger partial charge in [0.2, 0.25) is 47.3 Å². The van der Waals surface area contributed by atoms with Crippen LogP contribution in [0.15, 0.2) is 29.3 Å². The largest absolute Gasteiger partial charge is 0.508 e.